The first-order valence-electron chi connectivity index (χ1n) is 7.42. The first kappa shape index (κ1) is 16.4. The molecule has 0 saturated carbocycles. The molecular formula is C18H17NO4S. The van der Waals surface area contributed by atoms with E-state index >= 15 is 0 Å². The molecule has 0 fully saturated rings. The smallest absolute Gasteiger partial charge is 0.193 e. The number of aliphatic imine (C=N–C) groups is 1. The summed E-state index contributed by atoms with van der Waals surface area (Å²) in [5.41, 5.74) is 2.56. The molecule has 0 aliphatic carbocycles. The second kappa shape index (κ2) is 5.87. The van der Waals surface area contributed by atoms with E-state index in [0.717, 1.165) is 11.1 Å². The third kappa shape index (κ3) is 2.63. The molecule has 2 aromatic carbocycles. The summed E-state index contributed by atoms with van der Waals surface area (Å²) < 4.78 is 30.9. The van der Waals surface area contributed by atoms with Gasteiger partial charge in [0.25, 0.3) is 0 Å². The monoisotopic (exact) mass is 343 g/mol. The number of ether oxygens (including phenoxy) is 1. The number of carbonyl (C=O) groups is 1. The lowest BCUT2D eigenvalue weighted by Crippen LogP contribution is -2.34. The highest BCUT2D eigenvalue weighted by Gasteiger charge is 2.36. The number of hydrogen-bond acceptors (Lipinski definition) is 5. The topological polar surface area (TPSA) is 72.8 Å². The van der Waals surface area contributed by atoms with E-state index in [1.54, 1.807) is 24.3 Å². The van der Waals surface area contributed by atoms with Crippen molar-refractivity contribution in [3.05, 3.63) is 53.1 Å². The van der Waals surface area contributed by atoms with Gasteiger partial charge in [-0.25, -0.2) is 8.42 Å². The number of Topliss-reactive ketones (excluding diaryl/α,β-unsaturated/α-hetero) is 1. The van der Waals surface area contributed by atoms with E-state index in [1.807, 2.05) is 13.8 Å². The Labute approximate surface area is 140 Å². The minimum Gasteiger partial charge on any atom is -0.497 e. The SMILES string of the molecule is COc1ccc2c(c1)C(=O)C(S(=O)(=O)c1ccc(C)c(C)c1)C=N2. The molecule has 6 heteroatoms. The molecule has 3 rings (SSSR count). The van der Waals surface area contributed by atoms with Crippen molar-refractivity contribution >= 4 is 27.5 Å². The Morgan fingerprint density at radius 2 is 1.79 bits per heavy atom. The van der Waals surface area contributed by atoms with Gasteiger partial charge in [-0.05, 0) is 55.3 Å². The maximum absolute atomic E-state index is 12.9. The van der Waals surface area contributed by atoms with Gasteiger partial charge in [-0.15, -0.1) is 0 Å². The number of carbonyl (C=O) groups excluding carboxylic acids is 1. The highest BCUT2D eigenvalue weighted by atomic mass is 32.2. The summed E-state index contributed by atoms with van der Waals surface area (Å²) >= 11 is 0. The molecule has 0 radical (unpaired) electrons. The van der Waals surface area contributed by atoms with Gasteiger partial charge in [0, 0.05) is 11.8 Å². The van der Waals surface area contributed by atoms with Crippen molar-refractivity contribution < 1.29 is 17.9 Å². The quantitative estimate of drug-likeness (QED) is 0.858. The van der Waals surface area contributed by atoms with Gasteiger partial charge in [-0.1, -0.05) is 6.07 Å². The first-order valence-corrected chi connectivity index (χ1v) is 8.97. The lowest BCUT2D eigenvalue weighted by Gasteiger charge is -2.19. The Hall–Kier alpha value is -2.47. The second-order valence-electron chi connectivity index (χ2n) is 5.74. The molecule has 1 unspecified atom stereocenters. The fraction of sp³-hybridized carbons (Fsp3) is 0.222. The van der Waals surface area contributed by atoms with Crippen LogP contribution in [0, 0.1) is 13.8 Å². The zero-order chi connectivity index (χ0) is 17.5. The van der Waals surface area contributed by atoms with Crippen molar-refractivity contribution in [1.82, 2.24) is 0 Å². The molecule has 0 aromatic heterocycles. The molecule has 1 aliphatic rings. The predicted octanol–water partition coefficient (Wildman–Crippen LogP) is 3.05. The summed E-state index contributed by atoms with van der Waals surface area (Å²) in [4.78, 5) is 17.0. The Morgan fingerprint density at radius 1 is 1.04 bits per heavy atom. The van der Waals surface area contributed by atoms with Crippen molar-refractivity contribution in [2.45, 2.75) is 24.0 Å². The highest BCUT2D eigenvalue weighted by molar-refractivity contribution is 7.93. The summed E-state index contributed by atoms with van der Waals surface area (Å²) in [6.45, 7) is 3.74. The number of nitrogens with zero attached hydrogens (tertiary/aromatic N) is 1. The maximum Gasteiger partial charge on any atom is 0.193 e. The normalized spacial score (nSPS) is 16.8. The molecule has 5 nitrogen and oxygen atoms in total. The Morgan fingerprint density at radius 3 is 2.46 bits per heavy atom. The minimum absolute atomic E-state index is 0.127. The van der Waals surface area contributed by atoms with Crippen LogP contribution in [0.15, 0.2) is 46.3 Å². The van der Waals surface area contributed by atoms with Gasteiger partial charge in [0.2, 0.25) is 0 Å². The van der Waals surface area contributed by atoms with E-state index in [1.165, 1.54) is 25.5 Å². The third-order valence-corrected chi connectivity index (χ3v) is 6.13. The molecule has 0 saturated heterocycles. The maximum atomic E-state index is 12.9. The number of sulfone groups is 1. The van der Waals surface area contributed by atoms with Gasteiger partial charge in [0.1, 0.15) is 5.75 Å². The van der Waals surface area contributed by atoms with Crippen LogP contribution in [0.1, 0.15) is 21.5 Å². The van der Waals surface area contributed by atoms with E-state index in [9.17, 15) is 13.2 Å². The van der Waals surface area contributed by atoms with E-state index in [-0.39, 0.29) is 10.5 Å². The van der Waals surface area contributed by atoms with Crippen molar-refractivity contribution in [2.24, 2.45) is 4.99 Å². The van der Waals surface area contributed by atoms with Crippen LogP contribution >= 0.6 is 0 Å². The van der Waals surface area contributed by atoms with Crippen LogP contribution < -0.4 is 4.74 Å². The van der Waals surface area contributed by atoms with Gasteiger partial charge in [0.15, 0.2) is 20.9 Å². The average Bonchev–Trinajstić information content (AvgIpc) is 2.57. The molecule has 0 bridgehead atoms. The Kier molecular flexibility index (Phi) is 4.01. The summed E-state index contributed by atoms with van der Waals surface area (Å²) in [6, 6.07) is 9.70. The summed E-state index contributed by atoms with van der Waals surface area (Å²) in [5, 5.41) is -1.32. The standard InChI is InChI=1S/C18H17NO4S/c1-11-4-6-14(8-12(11)2)24(21,22)17-10-19-16-7-5-13(23-3)9-15(16)18(17)20/h4-10,17H,1-3H3. The lowest BCUT2D eigenvalue weighted by molar-refractivity contribution is 0.100. The molecule has 0 spiro atoms. The number of aryl methyl sites for hydroxylation is 2. The van der Waals surface area contributed by atoms with Crippen molar-refractivity contribution in [1.29, 1.82) is 0 Å². The molecule has 124 valence electrons. The number of fused-ring (bicyclic) bond motifs is 1. The molecule has 1 atom stereocenters. The van der Waals surface area contributed by atoms with Crippen molar-refractivity contribution in [3.8, 4) is 5.75 Å². The van der Waals surface area contributed by atoms with Gasteiger partial charge >= 0.3 is 0 Å². The van der Waals surface area contributed by atoms with Crippen LogP contribution in [0.5, 0.6) is 5.75 Å². The van der Waals surface area contributed by atoms with Crippen LogP contribution in [0.2, 0.25) is 0 Å². The Balaban J connectivity index is 2.06. The fourth-order valence-corrected chi connectivity index (χ4v) is 4.10. The summed E-state index contributed by atoms with van der Waals surface area (Å²) in [6.07, 6.45) is 1.21. The van der Waals surface area contributed by atoms with Crippen LogP contribution in [-0.4, -0.2) is 32.8 Å². The van der Waals surface area contributed by atoms with Crippen molar-refractivity contribution in [3.63, 3.8) is 0 Å². The summed E-state index contributed by atoms with van der Waals surface area (Å²) in [5.74, 6) is -0.00124. The predicted molar refractivity (Wildman–Crippen MR) is 92.4 cm³/mol. The van der Waals surface area contributed by atoms with Crippen LogP contribution in [0.25, 0.3) is 0 Å². The highest BCUT2D eigenvalue weighted by Crippen LogP contribution is 2.31. The van der Waals surface area contributed by atoms with E-state index in [0.29, 0.717) is 11.4 Å². The summed E-state index contributed by atoms with van der Waals surface area (Å²) in [7, 11) is -2.36. The number of hydrogen-bond donors (Lipinski definition) is 0. The van der Waals surface area contributed by atoms with E-state index < -0.39 is 20.9 Å². The molecular weight excluding hydrogens is 326 g/mol. The Bertz CT molecular complexity index is 961. The molecule has 0 amide bonds. The zero-order valence-corrected chi connectivity index (χ0v) is 14.4. The van der Waals surface area contributed by atoms with Crippen LogP contribution in [0.4, 0.5) is 5.69 Å². The number of methoxy groups -OCH3 is 1. The number of benzene rings is 2. The average molecular weight is 343 g/mol. The zero-order valence-electron chi connectivity index (χ0n) is 13.6. The minimum atomic E-state index is -3.85. The van der Waals surface area contributed by atoms with Crippen LogP contribution in [0.3, 0.4) is 0 Å². The second-order valence-corrected chi connectivity index (χ2v) is 7.81. The van der Waals surface area contributed by atoms with Crippen LogP contribution in [-0.2, 0) is 9.84 Å². The van der Waals surface area contributed by atoms with Gasteiger partial charge < -0.3 is 4.74 Å². The first-order chi connectivity index (χ1) is 11.3. The number of ketones is 1. The largest absolute Gasteiger partial charge is 0.497 e. The van der Waals surface area contributed by atoms with E-state index in [4.69, 9.17) is 4.74 Å². The van der Waals surface area contributed by atoms with Crippen molar-refractivity contribution in [2.75, 3.05) is 7.11 Å². The fourth-order valence-electron chi connectivity index (χ4n) is 2.58. The molecule has 0 N–H and O–H groups in total. The van der Waals surface area contributed by atoms with Gasteiger partial charge in [0.05, 0.1) is 17.7 Å². The number of rotatable bonds is 3. The van der Waals surface area contributed by atoms with E-state index in [2.05, 4.69) is 4.99 Å². The van der Waals surface area contributed by atoms with Gasteiger partial charge in [-0.3, -0.25) is 9.79 Å². The molecule has 24 heavy (non-hydrogen) atoms. The van der Waals surface area contributed by atoms with Gasteiger partial charge in [-0.2, -0.15) is 0 Å². The molecule has 1 aliphatic heterocycles. The molecule has 1 heterocycles. The third-order valence-electron chi connectivity index (χ3n) is 4.22. The molecule has 2 aromatic rings. The lowest BCUT2D eigenvalue weighted by atomic mass is 10.0.